The van der Waals surface area contributed by atoms with Crippen molar-refractivity contribution in [2.24, 2.45) is 11.1 Å². The highest BCUT2D eigenvalue weighted by atomic mass is 16.2. The van der Waals surface area contributed by atoms with Gasteiger partial charge in [0.2, 0.25) is 5.91 Å². The van der Waals surface area contributed by atoms with Crippen LogP contribution in [0, 0.1) is 5.41 Å². The molecule has 2 fully saturated rings. The Morgan fingerprint density at radius 2 is 1.83 bits per heavy atom. The highest BCUT2D eigenvalue weighted by Crippen LogP contribution is 2.37. The number of carbonyl (C=O) groups excluding carboxylic acids is 1. The maximum Gasteiger partial charge on any atom is 0.230 e. The van der Waals surface area contributed by atoms with Crippen molar-refractivity contribution in [1.29, 1.82) is 0 Å². The zero-order chi connectivity index (χ0) is 13.0. The second kappa shape index (κ2) is 6.05. The van der Waals surface area contributed by atoms with Crippen LogP contribution < -0.4 is 5.73 Å². The van der Waals surface area contributed by atoms with Gasteiger partial charge in [-0.2, -0.15) is 0 Å². The maximum atomic E-state index is 12.9. The van der Waals surface area contributed by atoms with Crippen LogP contribution in [-0.4, -0.2) is 29.9 Å². The van der Waals surface area contributed by atoms with E-state index in [1.54, 1.807) is 0 Å². The average Bonchev–Trinajstić information content (AvgIpc) is 2.65. The van der Waals surface area contributed by atoms with E-state index in [1.807, 2.05) is 0 Å². The van der Waals surface area contributed by atoms with Crippen LogP contribution in [0.1, 0.15) is 64.7 Å². The smallest absolute Gasteiger partial charge is 0.230 e. The first-order chi connectivity index (χ1) is 8.69. The van der Waals surface area contributed by atoms with Gasteiger partial charge in [-0.25, -0.2) is 0 Å². The first-order valence-corrected chi connectivity index (χ1v) is 7.71. The van der Waals surface area contributed by atoms with Gasteiger partial charge in [0.1, 0.15) is 0 Å². The van der Waals surface area contributed by atoms with Crippen LogP contribution in [0.5, 0.6) is 0 Å². The lowest BCUT2D eigenvalue weighted by atomic mass is 9.78. The Morgan fingerprint density at radius 3 is 2.39 bits per heavy atom. The summed E-state index contributed by atoms with van der Waals surface area (Å²) in [4.78, 5) is 15.0. The van der Waals surface area contributed by atoms with Gasteiger partial charge in [0.15, 0.2) is 0 Å². The van der Waals surface area contributed by atoms with Gasteiger partial charge in [-0.1, -0.05) is 25.7 Å². The summed E-state index contributed by atoms with van der Waals surface area (Å²) in [6, 6.07) is 0.415. The lowest BCUT2D eigenvalue weighted by Crippen LogP contribution is -2.52. The van der Waals surface area contributed by atoms with E-state index in [1.165, 1.54) is 32.1 Å². The molecule has 1 heterocycles. The summed E-state index contributed by atoms with van der Waals surface area (Å²) in [7, 11) is 0. The van der Waals surface area contributed by atoms with Crippen LogP contribution in [0.2, 0.25) is 0 Å². The molecular weight excluding hydrogens is 224 g/mol. The van der Waals surface area contributed by atoms with Crippen molar-refractivity contribution in [3.63, 3.8) is 0 Å². The van der Waals surface area contributed by atoms with E-state index in [2.05, 4.69) is 11.8 Å². The number of nitrogens with two attached hydrogens (primary N) is 1. The predicted octanol–water partition coefficient (Wildman–Crippen LogP) is 2.69. The Bertz CT molecular complexity index is 282. The van der Waals surface area contributed by atoms with Gasteiger partial charge in [-0.3, -0.25) is 4.79 Å². The molecule has 3 heteroatoms. The van der Waals surface area contributed by atoms with Gasteiger partial charge in [-0.05, 0) is 39.0 Å². The van der Waals surface area contributed by atoms with E-state index in [0.29, 0.717) is 18.5 Å². The number of likely N-dealkylation sites (tertiary alicyclic amines) is 1. The lowest BCUT2D eigenvalue weighted by molar-refractivity contribution is -0.146. The van der Waals surface area contributed by atoms with E-state index >= 15 is 0 Å². The molecule has 3 nitrogen and oxygen atoms in total. The molecular formula is C15H28N2O. The third kappa shape index (κ3) is 2.71. The van der Waals surface area contributed by atoms with E-state index < -0.39 is 0 Å². The van der Waals surface area contributed by atoms with Gasteiger partial charge in [0.25, 0.3) is 0 Å². The molecule has 0 aromatic carbocycles. The molecule has 18 heavy (non-hydrogen) atoms. The Morgan fingerprint density at radius 1 is 1.17 bits per heavy atom. The van der Waals surface area contributed by atoms with Crippen LogP contribution in [0.3, 0.4) is 0 Å². The zero-order valence-electron chi connectivity index (χ0n) is 11.8. The molecule has 1 aliphatic carbocycles. The lowest BCUT2D eigenvalue weighted by Gasteiger charge is -2.41. The zero-order valence-corrected chi connectivity index (χ0v) is 11.8. The van der Waals surface area contributed by atoms with E-state index in [0.717, 1.165) is 32.2 Å². The molecule has 104 valence electrons. The van der Waals surface area contributed by atoms with E-state index in [4.69, 9.17) is 5.73 Å². The van der Waals surface area contributed by atoms with Crippen molar-refractivity contribution in [2.75, 3.05) is 13.1 Å². The van der Waals surface area contributed by atoms with E-state index in [-0.39, 0.29) is 5.41 Å². The normalized spacial score (nSPS) is 28.8. The van der Waals surface area contributed by atoms with Gasteiger partial charge in [0.05, 0.1) is 5.41 Å². The molecule has 0 bridgehead atoms. The minimum absolute atomic E-state index is 0.234. The summed E-state index contributed by atoms with van der Waals surface area (Å²) in [6.07, 6.45) is 10.5. The monoisotopic (exact) mass is 252 g/mol. The summed E-state index contributed by atoms with van der Waals surface area (Å²) < 4.78 is 0. The number of carbonyl (C=O) groups is 1. The molecule has 1 saturated heterocycles. The van der Waals surface area contributed by atoms with Crippen LogP contribution in [-0.2, 0) is 4.79 Å². The molecule has 0 aromatic rings. The maximum absolute atomic E-state index is 12.9. The van der Waals surface area contributed by atoms with Crippen LogP contribution in [0.25, 0.3) is 0 Å². The molecule has 0 aromatic heterocycles. The van der Waals surface area contributed by atoms with Crippen molar-refractivity contribution in [3.05, 3.63) is 0 Å². The van der Waals surface area contributed by atoms with Gasteiger partial charge >= 0.3 is 0 Å². The number of hydrogen-bond donors (Lipinski definition) is 1. The van der Waals surface area contributed by atoms with Gasteiger partial charge < -0.3 is 10.6 Å². The van der Waals surface area contributed by atoms with Gasteiger partial charge in [0, 0.05) is 19.1 Å². The van der Waals surface area contributed by atoms with Crippen molar-refractivity contribution in [3.8, 4) is 0 Å². The Hall–Kier alpha value is -0.570. The summed E-state index contributed by atoms with van der Waals surface area (Å²) >= 11 is 0. The van der Waals surface area contributed by atoms with Crippen molar-refractivity contribution < 1.29 is 4.79 Å². The number of hydrogen-bond acceptors (Lipinski definition) is 2. The third-order valence-electron chi connectivity index (χ3n) is 4.97. The highest BCUT2D eigenvalue weighted by molar-refractivity contribution is 5.83. The molecule has 0 spiro atoms. The Labute approximate surface area is 111 Å². The van der Waals surface area contributed by atoms with Crippen LogP contribution in [0.15, 0.2) is 0 Å². The number of nitrogens with zero attached hydrogens (tertiary/aromatic N) is 1. The fraction of sp³-hybridized carbons (Fsp3) is 0.933. The van der Waals surface area contributed by atoms with Crippen molar-refractivity contribution in [2.45, 2.75) is 70.8 Å². The quantitative estimate of drug-likeness (QED) is 0.768. The predicted molar refractivity (Wildman–Crippen MR) is 74.2 cm³/mol. The van der Waals surface area contributed by atoms with Crippen molar-refractivity contribution >= 4 is 5.91 Å². The van der Waals surface area contributed by atoms with E-state index in [9.17, 15) is 4.79 Å². The Kier molecular flexibility index (Phi) is 4.66. The largest absolute Gasteiger partial charge is 0.339 e. The standard InChI is InChI=1S/C15H28N2O/c1-13-8-4-7-11-17(13)14(18)15(12-16)9-5-2-3-6-10-15/h13H,2-12,16H2,1H3. The summed E-state index contributed by atoms with van der Waals surface area (Å²) in [5, 5.41) is 0. The minimum atomic E-state index is -0.234. The van der Waals surface area contributed by atoms with Crippen LogP contribution >= 0.6 is 0 Å². The molecule has 1 amide bonds. The SMILES string of the molecule is CC1CCCCN1C(=O)C1(CN)CCCCCC1. The molecule has 2 N–H and O–H groups in total. The molecule has 1 aliphatic heterocycles. The molecule has 2 aliphatic rings. The first-order valence-electron chi connectivity index (χ1n) is 7.71. The summed E-state index contributed by atoms with van der Waals surface area (Å²) in [5.41, 5.74) is 5.78. The fourth-order valence-electron chi connectivity index (χ4n) is 3.62. The number of piperidine rings is 1. The highest BCUT2D eigenvalue weighted by Gasteiger charge is 2.41. The minimum Gasteiger partial charge on any atom is -0.339 e. The van der Waals surface area contributed by atoms with Crippen molar-refractivity contribution in [1.82, 2.24) is 4.90 Å². The summed E-state index contributed by atoms with van der Waals surface area (Å²) in [5.74, 6) is 0.360. The number of amides is 1. The summed E-state index contributed by atoms with van der Waals surface area (Å²) in [6.45, 7) is 3.68. The molecule has 2 rings (SSSR count). The second-order valence-corrected chi connectivity index (χ2v) is 6.24. The topological polar surface area (TPSA) is 46.3 Å². The molecule has 1 saturated carbocycles. The third-order valence-corrected chi connectivity index (χ3v) is 4.97. The number of rotatable bonds is 2. The van der Waals surface area contributed by atoms with Crippen LogP contribution in [0.4, 0.5) is 0 Å². The second-order valence-electron chi connectivity index (χ2n) is 6.24. The average molecular weight is 252 g/mol. The van der Waals surface area contributed by atoms with Gasteiger partial charge in [-0.15, -0.1) is 0 Å². The molecule has 1 unspecified atom stereocenters. The molecule has 1 atom stereocenters. The molecule has 0 radical (unpaired) electrons. The fourth-order valence-corrected chi connectivity index (χ4v) is 3.62. The Balaban J connectivity index is 2.12. The first kappa shape index (κ1) is 13.9.